The maximum Gasteiger partial charge on any atom is 0.234 e. The Balaban J connectivity index is 2.35. The molecule has 0 saturated carbocycles. The van der Waals surface area contributed by atoms with E-state index in [1.807, 2.05) is 6.92 Å². The normalized spacial score (nSPS) is 17.1. The Morgan fingerprint density at radius 3 is 2.53 bits per heavy atom. The predicted octanol–water partition coefficient (Wildman–Crippen LogP) is 1.96. The fourth-order valence-electron chi connectivity index (χ4n) is 2.01. The van der Waals surface area contributed by atoms with Crippen molar-refractivity contribution in [3.05, 3.63) is 29.8 Å². The van der Waals surface area contributed by atoms with E-state index in [-0.39, 0.29) is 17.7 Å². The Morgan fingerprint density at radius 2 is 1.94 bits per heavy atom. The SMILES string of the molecule is C#Cc1cccc(N2C(=O)CC(C)CC2=O)c1. The van der Waals surface area contributed by atoms with Gasteiger partial charge in [-0.3, -0.25) is 14.5 Å². The summed E-state index contributed by atoms with van der Waals surface area (Å²) >= 11 is 0. The fraction of sp³-hybridized carbons (Fsp3) is 0.286. The molecule has 86 valence electrons. The van der Waals surface area contributed by atoms with Gasteiger partial charge in [-0.25, -0.2) is 0 Å². The molecule has 1 fully saturated rings. The quantitative estimate of drug-likeness (QED) is 0.543. The summed E-state index contributed by atoms with van der Waals surface area (Å²) in [7, 11) is 0. The molecule has 17 heavy (non-hydrogen) atoms. The van der Waals surface area contributed by atoms with Gasteiger partial charge in [0.1, 0.15) is 0 Å². The lowest BCUT2D eigenvalue weighted by Crippen LogP contribution is -2.42. The number of imide groups is 1. The Hall–Kier alpha value is -2.08. The van der Waals surface area contributed by atoms with Gasteiger partial charge in [-0.1, -0.05) is 18.9 Å². The molecular weight excluding hydrogens is 214 g/mol. The Labute approximate surface area is 100 Å². The fourth-order valence-corrected chi connectivity index (χ4v) is 2.01. The smallest absolute Gasteiger partial charge is 0.234 e. The summed E-state index contributed by atoms with van der Waals surface area (Å²) in [6.45, 7) is 1.91. The van der Waals surface area contributed by atoms with Gasteiger partial charge < -0.3 is 0 Å². The van der Waals surface area contributed by atoms with E-state index in [4.69, 9.17) is 6.42 Å². The average Bonchev–Trinajstić information content (AvgIpc) is 2.28. The van der Waals surface area contributed by atoms with Gasteiger partial charge in [-0.05, 0) is 24.1 Å². The average molecular weight is 227 g/mol. The number of carbonyl (C=O) groups excluding carboxylic acids is 2. The van der Waals surface area contributed by atoms with Gasteiger partial charge in [0.2, 0.25) is 11.8 Å². The number of hydrogen-bond acceptors (Lipinski definition) is 2. The molecule has 0 atom stereocenters. The largest absolute Gasteiger partial charge is 0.274 e. The zero-order valence-corrected chi connectivity index (χ0v) is 9.64. The number of carbonyl (C=O) groups is 2. The van der Waals surface area contributed by atoms with Gasteiger partial charge in [-0.15, -0.1) is 6.42 Å². The molecule has 3 nitrogen and oxygen atoms in total. The summed E-state index contributed by atoms with van der Waals surface area (Å²) in [4.78, 5) is 25.0. The highest BCUT2D eigenvalue weighted by Crippen LogP contribution is 2.25. The van der Waals surface area contributed by atoms with Crippen LogP contribution >= 0.6 is 0 Å². The van der Waals surface area contributed by atoms with Crippen molar-refractivity contribution in [1.29, 1.82) is 0 Å². The standard InChI is InChI=1S/C14H13NO2/c1-3-11-5-4-6-12(9-11)15-13(16)7-10(2)8-14(15)17/h1,4-6,9-10H,7-8H2,2H3. The number of terminal acetylenes is 1. The molecule has 2 amide bonds. The van der Waals surface area contributed by atoms with Crippen LogP contribution in [0.2, 0.25) is 0 Å². The Morgan fingerprint density at radius 1 is 1.29 bits per heavy atom. The molecule has 0 bridgehead atoms. The van der Waals surface area contributed by atoms with Crippen LogP contribution in [0.15, 0.2) is 24.3 Å². The molecule has 2 rings (SSSR count). The lowest BCUT2D eigenvalue weighted by atomic mass is 9.97. The predicted molar refractivity (Wildman–Crippen MR) is 65.3 cm³/mol. The third kappa shape index (κ3) is 2.21. The maximum absolute atomic E-state index is 11.9. The lowest BCUT2D eigenvalue weighted by Gasteiger charge is -2.28. The number of nitrogens with zero attached hydrogens (tertiary/aromatic N) is 1. The first-order valence-corrected chi connectivity index (χ1v) is 5.54. The van der Waals surface area contributed by atoms with E-state index in [1.54, 1.807) is 24.3 Å². The van der Waals surface area contributed by atoms with Crippen LogP contribution in [0.25, 0.3) is 0 Å². The first kappa shape index (κ1) is 11.4. The molecule has 1 saturated heterocycles. The van der Waals surface area contributed by atoms with Crippen LogP contribution in [0.4, 0.5) is 5.69 Å². The van der Waals surface area contributed by atoms with Gasteiger partial charge in [-0.2, -0.15) is 0 Å². The van der Waals surface area contributed by atoms with Crippen molar-refractivity contribution in [2.75, 3.05) is 4.90 Å². The lowest BCUT2D eigenvalue weighted by molar-refractivity contribution is -0.130. The third-order valence-corrected chi connectivity index (χ3v) is 2.82. The maximum atomic E-state index is 11.9. The molecule has 0 spiro atoms. The molecule has 1 aromatic carbocycles. The molecule has 1 aliphatic rings. The van der Waals surface area contributed by atoms with Gasteiger partial charge >= 0.3 is 0 Å². The molecule has 0 aromatic heterocycles. The number of amides is 2. The minimum Gasteiger partial charge on any atom is -0.274 e. The zero-order chi connectivity index (χ0) is 12.4. The van der Waals surface area contributed by atoms with E-state index in [1.165, 1.54) is 4.90 Å². The van der Waals surface area contributed by atoms with Crippen molar-refractivity contribution in [2.45, 2.75) is 19.8 Å². The van der Waals surface area contributed by atoms with Gasteiger partial charge in [0.15, 0.2) is 0 Å². The molecule has 1 heterocycles. The molecule has 1 aliphatic heterocycles. The van der Waals surface area contributed by atoms with Crippen LogP contribution in [0, 0.1) is 18.3 Å². The van der Waals surface area contributed by atoms with Gasteiger partial charge in [0.05, 0.1) is 5.69 Å². The van der Waals surface area contributed by atoms with Crippen LogP contribution in [-0.4, -0.2) is 11.8 Å². The van der Waals surface area contributed by atoms with Crippen LogP contribution < -0.4 is 4.90 Å². The van der Waals surface area contributed by atoms with Crippen LogP contribution in [0.3, 0.4) is 0 Å². The van der Waals surface area contributed by atoms with E-state index < -0.39 is 0 Å². The van der Waals surface area contributed by atoms with E-state index in [0.717, 1.165) is 0 Å². The summed E-state index contributed by atoms with van der Waals surface area (Å²) < 4.78 is 0. The number of rotatable bonds is 1. The topological polar surface area (TPSA) is 37.4 Å². The minimum atomic E-state index is -0.150. The van der Waals surface area contributed by atoms with Gasteiger partial charge in [0.25, 0.3) is 0 Å². The van der Waals surface area contributed by atoms with Crippen molar-refractivity contribution in [2.24, 2.45) is 5.92 Å². The summed E-state index contributed by atoms with van der Waals surface area (Å²) in [6.07, 6.45) is 6.12. The van der Waals surface area contributed by atoms with Crippen molar-refractivity contribution >= 4 is 17.5 Å². The first-order chi connectivity index (χ1) is 8.11. The molecule has 0 aliphatic carbocycles. The van der Waals surface area contributed by atoms with E-state index >= 15 is 0 Å². The summed E-state index contributed by atoms with van der Waals surface area (Å²) in [5, 5.41) is 0. The number of benzene rings is 1. The Bertz CT molecular complexity index is 495. The molecule has 1 aromatic rings. The van der Waals surface area contributed by atoms with Crippen LogP contribution in [0.5, 0.6) is 0 Å². The molecule has 0 radical (unpaired) electrons. The number of piperidine rings is 1. The van der Waals surface area contributed by atoms with E-state index in [0.29, 0.717) is 24.1 Å². The van der Waals surface area contributed by atoms with Crippen molar-refractivity contribution in [1.82, 2.24) is 0 Å². The Kier molecular flexibility index (Phi) is 2.97. The number of hydrogen-bond donors (Lipinski definition) is 0. The zero-order valence-electron chi connectivity index (χ0n) is 9.64. The molecule has 3 heteroatoms. The summed E-state index contributed by atoms with van der Waals surface area (Å²) in [5.74, 6) is 2.32. The second-order valence-electron chi connectivity index (χ2n) is 4.33. The number of anilines is 1. The highest BCUT2D eigenvalue weighted by Gasteiger charge is 2.31. The van der Waals surface area contributed by atoms with E-state index in [9.17, 15) is 9.59 Å². The molecular formula is C14H13NO2. The third-order valence-electron chi connectivity index (χ3n) is 2.82. The van der Waals surface area contributed by atoms with Crippen molar-refractivity contribution in [3.63, 3.8) is 0 Å². The summed E-state index contributed by atoms with van der Waals surface area (Å²) in [5.41, 5.74) is 1.24. The van der Waals surface area contributed by atoms with Gasteiger partial charge in [0, 0.05) is 18.4 Å². The first-order valence-electron chi connectivity index (χ1n) is 5.54. The second-order valence-corrected chi connectivity index (χ2v) is 4.33. The second kappa shape index (κ2) is 4.42. The highest BCUT2D eigenvalue weighted by atomic mass is 16.2. The molecule has 0 unspecified atom stereocenters. The molecule has 0 N–H and O–H groups in total. The van der Waals surface area contributed by atoms with Crippen LogP contribution in [-0.2, 0) is 9.59 Å². The van der Waals surface area contributed by atoms with Crippen LogP contribution in [0.1, 0.15) is 25.3 Å². The van der Waals surface area contributed by atoms with Crippen molar-refractivity contribution < 1.29 is 9.59 Å². The van der Waals surface area contributed by atoms with Crippen molar-refractivity contribution in [3.8, 4) is 12.3 Å². The van der Waals surface area contributed by atoms with E-state index in [2.05, 4.69) is 5.92 Å². The summed E-state index contributed by atoms with van der Waals surface area (Å²) in [6, 6.07) is 6.94. The monoisotopic (exact) mass is 227 g/mol. The highest BCUT2D eigenvalue weighted by molar-refractivity contribution is 6.16. The minimum absolute atomic E-state index is 0.127.